The summed E-state index contributed by atoms with van der Waals surface area (Å²) in [6, 6.07) is 23.1. The number of carboxylic acid groups (broad SMARTS) is 2. The van der Waals surface area contributed by atoms with Gasteiger partial charge in [-0.3, -0.25) is 0 Å². The number of carbonyl (C=O) groups is 2. The van der Waals surface area contributed by atoms with E-state index in [1.54, 1.807) is 70.3 Å². The van der Waals surface area contributed by atoms with Crippen LogP contribution in [-0.2, 0) is 48.6 Å². The van der Waals surface area contributed by atoms with Crippen molar-refractivity contribution < 1.29 is 82.7 Å². The summed E-state index contributed by atoms with van der Waals surface area (Å²) in [6.45, 7) is -0.0253. The van der Waals surface area contributed by atoms with E-state index in [9.17, 15) is 37.4 Å². The van der Waals surface area contributed by atoms with E-state index in [1.165, 1.54) is 47.9 Å². The quantitative estimate of drug-likeness (QED) is 0.0474. The normalized spacial score (nSPS) is 11.4. The fourth-order valence-electron chi connectivity index (χ4n) is 9.95. The maximum Gasteiger partial charge on any atom is 0.335 e. The Balaban J connectivity index is 0.000000192. The topological polar surface area (TPSA) is 234 Å². The molecule has 6 heterocycles. The van der Waals surface area contributed by atoms with Crippen LogP contribution in [0.15, 0.2) is 134 Å². The second-order valence-electron chi connectivity index (χ2n) is 20.6. The van der Waals surface area contributed by atoms with Gasteiger partial charge in [0, 0.05) is 62.4 Å². The molecule has 0 saturated carbocycles. The van der Waals surface area contributed by atoms with Gasteiger partial charge in [0.05, 0.1) is 82.9 Å². The van der Waals surface area contributed by atoms with Crippen molar-refractivity contribution in [3.05, 3.63) is 237 Å². The number of hydrogen-bond acceptors (Lipinski definition) is 14. The molecule has 0 radical (unpaired) electrons. The number of pyridine rings is 2. The first-order valence-electron chi connectivity index (χ1n) is 27.9. The highest BCUT2D eigenvalue weighted by atomic mass is 19.2. The molecule has 20 nitrogen and oxygen atoms in total. The molecule has 0 fully saturated rings. The molecule has 2 N–H and O–H groups in total. The molecule has 12 aromatic rings. The zero-order valence-corrected chi connectivity index (χ0v) is 48.8. The molecule has 480 valence electrons. The number of aromatic nitrogens is 12. The highest BCUT2D eigenvalue weighted by Crippen LogP contribution is 2.35. The molecule has 12 rings (SSSR count). The maximum absolute atomic E-state index is 15.5. The molecule has 0 unspecified atom stereocenters. The van der Waals surface area contributed by atoms with E-state index in [0.29, 0.717) is 23.3 Å². The third-order valence-corrected chi connectivity index (χ3v) is 14.7. The average molecular weight is 1300 g/mol. The first kappa shape index (κ1) is 64.1. The molecular formula is C64H46F10N12O8. The third-order valence-electron chi connectivity index (χ3n) is 14.7. The summed E-state index contributed by atoms with van der Waals surface area (Å²) in [7, 11) is 2.79. The number of hydrogen-bond donors (Lipinski definition) is 2. The van der Waals surface area contributed by atoms with E-state index in [4.69, 9.17) is 18.9 Å². The van der Waals surface area contributed by atoms with Crippen molar-refractivity contribution in [2.75, 3.05) is 27.4 Å². The van der Waals surface area contributed by atoms with Crippen LogP contribution in [-0.4, -0.2) is 109 Å². The standard InChI is InChI=1S/2C32H23F5N6O4/c2*1-46-11-10-42-26-13-18(32(44)45)12-24(35)30(26)40-27(42)15-20-23(34)14-21(29(37)28(20)36)25-7-6-22(33)31(39-25)47-16-17-2-4-19(5-3-17)43-9-8-38-41-43/h2*2-9,12-14H,10-11,15-16H2,1H3,(H,44,45). The molecule has 0 bridgehead atoms. The fraction of sp³-hybridized carbons (Fsp3) is 0.156. The fourth-order valence-corrected chi connectivity index (χ4v) is 9.95. The number of methoxy groups -OCH3 is 2. The molecule has 0 spiro atoms. The minimum atomic E-state index is -1.56. The largest absolute Gasteiger partial charge is 0.478 e. The smallest absolute Gasteiger partial charge is 0.335 e. The van der Waals surface area contributed by atoms with E-state index in [-0.39, 0.29) is 95.7 Å². The lowest BCUT2D eigenvalue weighted by Crippen LogP contribution is -2.11. The van der Waals surface area contributed by atoms with Crippen LogP contribution in [0, 0.1) is 58.2 Å². The van der Waals surface area contributed by atoms with Crippen LogP contribution >= 0.6 is 0 Å². The Bertz CT molecular complexity index is 4510. The molecule has 6 aromatic heterocycles. The molecule has 0 aliphatic rings. The lowest BCUT2D eigenvalue weighted by atomic mass is 10.0. The second-order valence-corrected chi connectivity index (χ2v) is 20.6. The second kappa shape index (κ2) is 27.6. The monoisotopic (exact) mass is 1300 g/mol. The van der Waals surface area contributed by atoms with Gasteiger partial charge in [0.25, 0.3) is 11.8 Å². The third kappa shape index (κ3) is 13.5. The van der Waals surface area contributed by atoms with E-state index in [0.717, 1.165) is 47.8 Å². The minimum absolute atomic E-state index is 0.0306. The Kier molecular flexibility index (Phi) is 18.8. The Morgan fingerprint density at radius 2 is 0.851 bits per heavy atom. The summed E-state index contributed by atoms with van der Waals surface area (Å²) >= 11 is 0. The van der Waals surface area contributed by atoms with Crippen LogP contribution in [0.2, 0.25) is 0 Å². The number of benzene rings is 6. The molecule has 6 aromatic carbocycles. The van der Waals surface area contributed by atoms with Crippen molar-refractivity contribution in [1.82, 2.24) is 59.1 Å². The Morgan fingerprint density at radius 1 is 0.457 bits per heavy atom. The van der Waals surface area contributed by atoms with Crippen LogP contribution < -0.4 is 9.47 Å². The van der Waals surface area contributed by atoms with E-state index in [2.05, 4.69) is 40.6 Å². The summed E-state index contributed by atoms with van der Waals surface area (Å²) in [5, 5.41) is 34.0. The SMILES string of the molecule is COCCn1c(Cc2c(F)cc(-c3ccc(F)c(OCc4ccc(-n5ccnn5)cc4)n3)c(F)c2F)nc2c(F)cc(C(=O)O)cc21.COCCn1c(Cc2c(F)cc(-c3ccc(F)c(OCc4ccc(-n5ccnn5)cc4)n3)c(F)c2F)nc2c(F)cc(C(=O)O)cc21. The predicted octanol–water partition coefficient (Wildman–Crippen LogP) is 11.8. The molecule has 0 amide bonds. The first-order chi connectivity index (χ1) is 45.3. The molecular weight excluding hydrogens is 1250 g/mol. The molecule has 0 aliphatic heterocycles. The zero-order valence-electron chi connectivity index (χ0n) is 48.8. The van der Waals surface area contributed by atoms with Gasteiger partial charge < -0.3 is 38.3 Å². The summed E-state index contributed by atoms with van der Waals surface area (Å²) < 4.78 is 179. The number of nitrogens with zero attached hydrogens (tertiary/aromatic N) is 12. The predicted molar refractivity (Wildman–Crippen MR) is 313 cm³/mol. The number of rotatable bonds is 22. The van der Waals surface area contributed by atoms with Gasteiger partial charge in [0.2, 0.25) is 0 Å². The van der Waals surface area contributed by atoms with Gasteiger partial charge in [-0.25, -0.2) is 82.8 Å². The molecule has 0 saturated heterocycles. The number of aromatic carboxylic acids is 2. The van der Waals surface area contributed by atoms with Crippen LogP contribution in [0.4, 0.5) is 43.9 Å². The molecule has 94 heavy (non-hydrogen) atoms. The van der Waals surface area contributed by atoms with E-state index in [1.807, 2.05) is 0 Å². The van der Waals surface area contributed by atoms with Gasteiger partial charge in [-0.1, -0.05) is 34.7 Å². The lowest BCUT2D eigenvalue weighted by molar-refractivity contribution is 0.0686. The van der Waals surface area contributed by atoms with Crippen LogP contribution in [0.3, 0.4) is 0 Å². The van der Waals surface area contributed by atoms with Gasteiger partial charge in [0.15, 0.2) is 46.5 Å². The maximum atomic E-state index is 15.5. The number of imidazole rings is 2. The van der Waals surface area contributed by atoms with Crippen molar-refractivity contribution in [3.63, 3.8) is 0 Å². The van der Waals surface area contributed by atoms with E-state index < -0.39 is 117 Å². The molecule has 30 heteroatoms. The number of carboxylic acids is 2. The van der Waals surface area contributed by atoms with Crippen molar-refractivity contribution in [2.24, 2.45) is 0 Å². The highest BCUT2D eigenvalue weighted by molar-refractivity contribution is 5.93. The number of halogens is 10. The van der Waals surface area contributed by atoms with Crippen molar-refractivity contribution in [2.45, 2.75) is 39.1 Å². The van der Waals surface area contributed by atoms with Crippen LogP contribution in [0.5, 0.6) is 11.8 Å². The lowest BCUT2D eigenvalue weighted by Gasteiger charge is -2.13. The number of fused-ring (bicyclic) bond motifs is 2. The highest BCUT2D eigenvalue weighted by Gasteiger charge is 2.28. The molecule has 0 aliphatic carbocycles. The van der Waals surface area contributed by atoms with Gasteiger partial charge >= 0.3 is 11.9 Å². The van der Waals surface area contributed by atoms with Crippen molar-refractivity contribution >= 4 is 34.0 Å². The van der Waals surface area contributed by atoms with Crippen LogP contribution in [0.1, 0.15) is 54.6 Å². The number of ether oxygens (including phenoxy) is 4. The average Bonchev–Trinajstić information content (AvgIpc) is 1.58. The van der Waals surface area contributed by atoms with Gasteiger partial charge in [0.1, 0.15) is 47.5 Å². The first-order valence-corrected chi connectivity index (χ1v) is 27.9. The van der Waals surface area contributed by atoms with Gasteiger partial charge in [-0.15, -0.1) is 10.2 Å². The summed E-state index contributed by atoms with van der Waals surface area (Å²) in [5.74, 6) is -16.0. The Morgan fingerprint density at radius 3 is 1.20 bits per heavy atom. The van der Waals surface area contributed by atoms with E-state index >= 15 is 26.3 Å². The minimum Gasteiger partial charge on any atom is -0.478 e. The van der Waals surface area contributed by atoms with Crippen molar-refractivity contribution in [3.8, 4) is 45.6 Å². The summed E-state index contributed by atoms with van der Waals surface area (Å²) in [5.41, 5.74) is -1.50. The van der Waals surface area contributed by atoms with Gasteiger partial charge in [-0.2, -0.15) is 0 Å². The van der Waals surface area contributed by atoms with Gasteiger partial charge in [-0.05, 0) is 96.1 Å². The zero-order chi connectivity index (χ0) is 66.5. The molecule has 0 atom stereocenters. The summed E-state index contributed by atoms with van der Waals surface area (Å²) in [4.78, 5) is 39.2. The Labute approximate surface area is 523 Å². The van der Waals surface area contributed by atoms with Crippen molar-refractivity contribution in [1.29, 1.82) is 0 Å². The Hall–Kier alpha value is -11.4. The summed E-state index contributed by atoms with van der Waals surface area (Å²) in [6.07, 6.45) is 5.14. The van der Waals surface area contributed by atoms with Crippen LogP contribution in [0.25, 0.3) is 56.0 Å².